The first-order valence-electron chi connectivity index (χ1n) is 7.58. The number of halogens is 2. The quantitative estimate of drug-likeness (QED) is 0.481. The fourth-order valence-corrected chi connectivity index (χ4v) is 3.37. The van der Waals surface area contributed by atoms with Crippen LogP contribution in [0.5, 0.6) is 0 Å². The van der Waals surface area contributed by atoms with Crippen molar-refractivity contribution in [2.45, 2.75) is 17.3 Å². The minimum absolute atomic E-state index is 0.0305. The minimum Gasteiger partial charge on any atom is -0.305 e. The van der Waals surface area contributed by atoms with Crippen LogP contribution in [0, 0.1) is 5.82 Å². The van der Waals surface area contributed by atoms with Gasteiger partial charge in [-0.1, -0.05) is 35.5 Å². The molecule has 0 aliphatic heterocycles. The van der Waals surface area contributed by atoms with E-state index in [1.807, 2.05) is 0 Å². The Labute approximate surface area is 154 Å². The number of nitrogens with zero attached hydrogens (tertiary/aromatic N) is 3. The Balaban J connectivity index is 1.81. The van der Waals surface area contributed by atoms with E-state index in [2.05, 4.69) is 10.2 Å². The van der Waals surface area contributed by atoms with Crippen LogP contribution in [0.1, 0.15) is 17.3 Å². The molecule has 128 valence electrons. The van der Waals surface area contributed by atoms with Gasteiger partial charge >= 0.3 is 0 Å². The molecular weight excluding hydrogens is 361 g/mol. The molecule has 2 aromatic carbocycles. The third-order valence-corrected chi connectivity index (χ3v) is 5.12. The van der Waals surface area contributed by atoms with E-state index < -0.39 is 0 Å². The Hall–Kier alpha value is -2.18. The van der Waals surface area contributed by atoms with Crippen molar-refractivity contribution in [3.63, 3.8) is 0 Å². The highest BCUT2D eigenvalue weighted by molar-refractivity contribution is 8.00. The smallest absolute Gasteiger partial charge is 0.191 e. The van der Waals surface area contributed by atoms with Gasteiger partial charge in [-0.25, -0.2) is 4.39 Å². The molecule has 0 saturated carbocycles. The van der Waals surface area contributed by atoms with E-state index in [4.69, 9.17) is 11.6 Å². The van der Waals surface area contributed by atoms with Gasteiger partial charge < -0.3 is 4.57 Å². The van der Waals surface area contributed by atoms with E-state index in [0.29, 0.717) is 27.1 Å². The Morgan fingerprint density at radius 3 is 2.52 bits per heavy atom. The molecule has 0 fully saturated rings. The zero-order chi connectivity index (χ0) is 18.0. The molecule has 0 spiro atoms. The predicted octanol–water partition coefficient (Wildman–Crippen LogP) is 4.64. The van der Waals surface area contributed by atoms with Gasteiger partial charge in [-0.2, -0.15) is 0 Å². The van der Waals surface area contributed by atoms with Crippen molar-refractivity contribution in [2.24, 2.45) is 7.05 Å². The molecule has 0 N–H and O–H groups in total. The van der Waals surface area contributed by atoms with E-state index in [0.717, 1.165) is 0 Å². The molecule has 7 heteroatoms. The molecule has 25 heavy (non-hydrogen) atoms. The van der Waals surface area contributed by atoms with Crippen molar-refractivity contribution in [1.82, 2.24) is 14.8 Å². The maximum atomic E-state index is 14.0. The minimum atomic E-state index is -0.363. The van der Waals surface area contributed by atoms with Crippen LogP contribution in [-0.4, -0.2) is 25.8 Å². The van der Waals surface area contributed by atoms with E-state index in [-0.39, 0.29) is 16.9 Å². The maximum Gasteiger partial charge on any atom is 0.191 e. The number of carbonyl (C=O) groups excluding carboxylic acids is 1. The highest BCUT2D eigenvalue weighted by Crippen LogP contribution is 2.28. The van der Waals surface area contributed by atoms with Gasteiger partial charge in [-0.3, -0.25) is 4.79 Å². The predicted molar refractivity (Wildman–Crippen MR) is 97.5 cm³/mol. The highest BCUT2D eigenvalue weighted by Gasteiger charge is 2.21. The fourth-order valence-electron chi connectivity index (χ4n) is 2.36. The second-order valence-electron chi connectivity index (χ2n) is 5.48. The number of Topliss-reactive ketones (excluding diaryl/α,β-unsaturated/α-hetero) is 1. The van der Waals surface area contributed by atoms with Crippen molar-refractivity contribution >= 4 is 29.1 Å². The van der Waals surface area contributed by atoms with Gasteiger partial charge in [0.25, 0.3) is 0 Å². The molecule has 1 aromatic heterocycles. The maximum absolute atomic E-state index is 14.0. The van der Waals surface area contributed by atoms with E-state index in [1.165, 1.54) is 17.8 Å². The summed E-state index contributed by atoms with van der Waals surface area (Å²) in [5.74, 6) is 0.0312. The number of aromatic nitrogens is 3. The van der Waals surface area contributed by atoms with Crippen LogP contribution < -0.4 is 0 Å². The summed E-state index contributed by atoms with van der Waals surface area (Å²) < 4.78 is 15.6. The summed E-state index contributed by atoms with van der Waals surface area (Å²) in [6.45, 7) is 1.80. The summed E-state index contributed by atoms with van der Waals surface area (Å²) >= 11 is 7.13. The van der Waals surface area contributed by atoms with Crippen molar-refractivity contribution in [3.8, 4) is 11.4 Å². The van der Waals surface area contributed by atoms with Crippen LogP contribution in [0.25, 0.3) is 11.4 Å². The molecule has 0 saturated heterocycles. The molecule has 3 rings (SSSR count). The van der Waals surface area contributed by atoms with Crippen LogP contribution in [0.15, 0.2) is 53.7 Å². The summed E-state index contributed by atoms with van der Waals surface area (Å²) in [6.07, 6.45) is 0. The Morgan fingerprint density at radius 2 is 1.84 bits per heavy atom. The van der Waals surface area contributed by atoms with Gasteiger partial charge in [-0.15, -0.1) is 10.2 Å². The Morgan fingerprint density at radius 1 is 1.16 bits per heavy atom. The van der Waals surface area contributed by atoms with E-state index >= 15 is 0 Å². The zero-order valence-electron chi connectivity index (χ0n) is 13.6. The molecule has 0 unspecified atom stereocenters. The lowest BCUT2D eigenvalue weighted by atomic mass is 10.1. The molecule has 4 nitrogen and oxygen atoms in total. The molecular formula is C18H15ClFN3OS. The van der Waals surface area contributed by atoms with Gasteiger partial charge in [0.05, 0.1) is 10.8 Å². The number of benzene rings is 2. The fraction of sp³-hybridized carbons (Fsp3) is 0.167. The number of carbonyl (C=O) groups is 1. The molecule has 3 aromatic rings. The third-order valence-electron chi connectivity index (χ3n) is 3.73. The summed E-state index contributed by atoms with van der Waals surface area (Å²) in [4.78, 5) is 12.5. The first kappa shape index (κ1) is 17.6. The Bertz CT molecular complexity index is 911. The molecule has 0 aliphatic carbocycles. The average Bonchev–Trinajstić information content (AvgIpc) is 2.96. The molecule has 0 aliphatic rings. The number of hydrogen-bond acceptors (Lipinski definition) is 4. The average molecular weight is 376 g/mol. The summed E-state index contributed by atoms with van der Waals surface area (Å²) in [5, 5.41) is 8.94. The lowest BCUT2D eigenvalue weighted by Gasteiger charge is -2.10. The first-order valence-corrected chi connectivity index (χ1v) is 8.84. The number of hydrogen-bond donors (Lipinski definition) is 0. The molecule has 0 amide bonds. The van der Waals surface area contributed by atoms with Gasteiger partial charge in [0.1, 0.15) is 5.82 Å². The van der Waals surface area contributed by atoms with Gasteiger partial charge in [-0.05, 0) is 43.3 Å². The van der Waals surface area contributed by atoms with E-state index in [1.54, 1.807) is 61.0 Å². The van der Waals surface area contributed by atoms with Crippen molar-refractivity contribution in [3.05, 3.63) is 64.9 Å². The summed E-state index contributed by atoms with van der Waals surface area (Å²) in [6, 6.07) is 13.2. The summed E-state index contributed by atoms with van der Waals surface area (Å²) in [7, 11) is 1.75. The molecule has 0 radical (unpaired) electrons. The van der Waals surface area contributed by atoms with Crippen LogP contribution in [0.3, 0.4) is 0 Å². The number of ketones is 1. The number of rotatable bonds is 5. The van der Waals surface area contributed by atoms with Crippen LogP contribution >= 0.6 is 23.4 Å². The van der Waals surface area contributed by atoms with Crippen LogP contribution in [0.4, 0.5) is 4.39 Å². The summed E-state index contributed by atoms with van der Waals surface area (Å²) in [5.41, 5.74) is 0.960. The van der Waals surface area contributed by atoms with Crippen LogP contribution in [-0.2, 0) is 7.05 Å². The highest BCUT2D eigenvalue weighted by atomic mass is 35.5. The van der Waals surface area contributed by atoms with E-state index in [9.17, 15) is 9.18 Å². The third kappa shape index (κ3) is 3.75. The molecule has 1 heterocycles. The number of thioether (sulfide) groups is 1. The van der Waals surface area contributed by atoms with Crippen molar-refractivity contribution < 1.29 is 9.18 Å². The first-order chi connectivity index (χ1) is 12.0. The topological polar surface area (TPSA) is 47.8 Å². The van der Waals surface area contributed by atoms with Gasteiger partial charge in [0.15, 0.2) is 16.8 Å². The van der Waals surface area contributed by atoms with Crippen LogP contribution in [0.2, 0.25) is 5.02 Å². The molecule has 1 atom stereocenters. The monoisotopic (exact) mass is 375 g/mol. The zero-order valence-corrected chi connectivity index (χ0v) is 15.2. The van der Waals surface area contributed by atoms with Crippen molar-refractivity contribution in [1.29, 1.82) is 0 Å². The SMILES string of the molecule is C[C@H](Sc1nnc(-c2ccccc2F)n1C)C(=O)c1ccc(Cl)cc1. The normalized spacial score (nSPS) is 12.2. The van der Waals surface area contributed by atoms with Crippen molar-refractivity contribution in [2.75, 3.05) is 0 Å². The van der Waals surface area contributed by atoms with Gasteiger partial charge in [0, 0.05) is 17.6 Å². The van der Waals surface area contributed by atoms with Gasteiger partial charge in [0.2, 0.25) is 0 Å². The molecule has 0 bridgehead atoms. The second kappa shape index (κ2) is 7.37. The second-order valence-corrected chi connectivity index (χ2v) is 7.22. The Kier molecular flexibility index (Phi) is 5.20. The standard InChI is InChI=1S/C18H15ClFN3OS/c1-11(16(24)12-7-9-13(19)10-8-12)25-18-22-21-17(23(18)2)14-5-3-4-6-15(14)20/h3-11H,1-2H3/t11-/m0/s1. The lowest BCUT2D eigenvalue weighted by Crippen LogP contribution is -2.14. The lowest BCUT2D eigenvalue weighted by molar-refractivity contribution is 0.0994. The largest absolute Gasteiger partial charge is 0.305 e.